The zero-order valence-corrected chi connectivity index (χ0v) is 16.2. The molecule has 25 heavy (non-hydrogen) atoms. The van der Waals surface area contributed by atoms with Crippen molar-refractivity contribution in [2.45, 2.75) is 27.7 Å². The van der Waals surface area contributed by atoms with Gasteiger partial charge in [-0.25, -0.2) is 4.99 Å². The van der Waals surface area contributed by atoms with Crippen molar-refractivity contribution in [3.8, 4) is 5.75 Å². The second-order valence-corrected chi connectivity index (χ2v) is 5.82. The third kappa shape index (κ3) is 7.45. The van der Waals surface area contributed by atoms with E-state index >= 15 is 0 Å². The van der Waals surface area contributed by atoms with Crippen LogP contribution in [0, 0.1) is 6.92 Å². The number of likely N-dealkylation sites (N-methyl/N-ethyl adjacent to an activating group) is 2. The van der Waals surface area contributed by atoms with Crippen LogP contribution in [0.5, 0.6) is 5.75 Å². The number of aryl methyl sites for hydroxylation is 1. The summed E-state index contributed by atoms with van der Waals surface area (Å²) in [6.45, 7) is 11.6. The highest BCUT2D eigenvalue weighted by atomic mass is 16.5. The summed E-state index contributed by atoms with van der Waals surface area (Å²) in [7, 11) is 1.88. The summed E-state index contributed by atoms with van der Waals surface area (Å²) in [4.78, 5) is 20.5. The summed E-state index contributed by atoms with van der Waals surface area (Å²) in [5.41, 5.74) is 1.21. The van der Waals surface area contributed by atoms with Crippen molar-refractivity contribution >= 4 is 11.9 Å². The molecular formula is C19H32N4O2. The zero-order valence-electron chi connectivity index (χ0n) is 16.2. The first-order chi connectivity index (χ1) is 12.0. The van der Waals surface area contributed by atoms with Gasteiger partial charge >= 0.3 is 0 Å². The first-order valence-corrected chi connectivity index (χ1v) is 8.98. The van der Waals surface area contributed by atoms with Gasteiger partial charge in [0, 0.05) is 26.7 Å². The lowest BCUT2D eigenvalue weighted by atomic mass is 10.2. The second kappa shape index (κ2) is 11.3. The summed E-state index contributed by atoms with van der Waals surface area (Å²) >= 11 is 0. The topological polar surface area (TPSA) is 57.2 Å². The molecule has 0 aromatic heterocycles. The Hall–Kier alpha value is -2.24. The van der Waals surface area contributed by atoms with Gasteiger partial charge in [0.05, 0.1) is 13.1 Å². The quantitative estimate of drug-likeness (QED) is 0.422. The number of carbonyl (C=O) groups excluding carboxylic acids is 1. The number of nitrogens with one attached hydrogen (secondary N) is 1. The smallest absolute Gasteiger partial charge is 0.242 e. The Morgan fingerprint density at radius 1 is 1.16 bits per heavy atom. The predicted molar refractivity (Wildman–Crippen MR) is 103 cm³/mol. The molecule has 0 saturated heterocycles. The molecule has 0 aliphatic rings. The van der Waals surface area contributed by atoms with E-state index in [1.807, 2.05) is 68.8 Å². The normalized spacial score (nSPS) is 11.2. The van der Waals surface area contributed by atoms with E-state index in [1.54, 1.807) is 0 Å². The van der Waals surface area contributed by atoms with Crippen LogP contribution in [-0.2, 0) is 4.79 Å². The third-order valence-electron chi connectivity index (χ3n) is 3.83. The fraction of sp³-hybridized carbons (Fsp3) is 0.579. The van der Waals surface area contributed by atoms with Crippen LogP contribution in [0.4, 0.5) is 0 Å². The Bertz CT molecular complexity index is 539. The summed E-state index contributed by atoms with van der Waals surface area (Å²) in [6, 6.07) is 7.96. The van der Waals surface area contributed by atoms with Crippen molar-refractivity contribution in [2.24, 2.45) is 4.99 Å². The van der Waals surface area contributed by atoms with Crippen molar-refractivity contribution in [1.82, 2.24) is 15.1 Å². The molecule has 1 aromatic rings. The Morgan fingerprint density at radius 2 is 1.80 bits per heavy atom. The molecule has 1 rings (SSSR count). The first-order valence-electron chi connectivity index (χ1n) is 8.98. The Morgan fingerprint density at radius 3 is 2.36 bits per heavy atom. The van der Waals surface area contributed by atoms with E-state index < -0.39 is 0 Å². The van der Waals surface area contributed by atoms with E-state index in [0.29, 0.717) is 19.7 Å². The van der Waals surface area contributed by atoms with E-state index in [-0.39, 0.29) is 5.91 Å². The van der Waals surface area contributed by atoms with Crippen LogP contribution >= 0.6 is 0 Å². The highest BCUT2D eigenvalue weighted by Crippen LogP contribution is 2.10. The van der Waals surface area contributed by atoms with Gasteiger partial charge in [0.2, 0.25) is 5.91 Å². The Balaban J connectivity index is 2.54. The lowest BCUT2D eigenvalue weighted by Gasteiger charge is -2.25. The van der Waals surface area contributed by atoms with Gasteiger partial charge in [0.15, 0.2) is 5.96 Å². The van der Waals surface area contributed by atoms with Crippen LogP contribution in [0.2, 0.25) is 0 Å². The summed E-state index contributed by atoms with van der Waals surface area (Å²) in [6.07, 6.45) is 0. The largest absolute Gasteiger partial charge is 0.492 e. The molecule has 0 spiro atoms. The maximum Gasteiger partial charge on any atom is 0.242 e. The molecule has 0 atom stereocenters. The van der Waals surface area contributed by atoms with Crippen LogP contribution in [-0.4, -0.2) is 68.0 Å². The van der Waals surface area contributed by atoms with E-state index in [4.69, 9.17) is 4.74 Å². The number of guanidine groups is 1. The van der Waals surface area contributed by atoms with Crippen molar-refractivity contribution in [3.05, 3.63) is 29.8 Å². The van der Waals surface area contributed by atoms with E-state index in [2.05, 4.69) is 10.3 Å². The highest BCUT2D eigenvalue weighted by Gasteiger charge is 2.14. The monoisotopic (exact) mass is 348 g/mol. The van der Waals surface area contributed by atoms with Crippen molar-refractivity contribution in [2.75, 3.05) is 46.4 Å². The molecule has 1 aromatic carbocycles. The molecule has 0 aliphatic carbocycles. The maximum atomic E-state index is 12.2. The molecule has 1 N–H and O–H groups in total. The number of rotatable bonds is 9. The fourth-order valence-electron chi connectivity index (χ4n) is 2.37. The number of hydrogen-bond donors (Lipinski definition) is 1. The molecule has 1 amide bonds. The number of benzene rings is 1. The van der Waals surface area contributed by atoms with Gasteiger partial charge in [-0.3, -0.25) is 4.79 Å². The number of nitrogens with zero attached hydrogens (tertiary/aromatic N) is 3. The number of hydrogen-bond acceptors (Lipinski definition) is 3. The minimum atomic E-state index is 0.106. The molecule has 0 fully saturated rings. The maximum absolute atomic E-state index is 12.2. The molecule has 0 bridgehead atoms. The lowest BCUT2D eigenvalue weighted by molar-refractivity contribution is -0.131. The van der Waals surface area contributed by atoms with Gasteiger partial charge in [-0.15, -0.1) is 0 Å². The van der Waals surface area contributed by atoms with Gasteiger partial charge in [-0.2, -0.15) is 0 Å². The molecule has 140 valence electrons. The summed E-state index contributed by atoms with van der Waals surface area (Å²) in [5.74, 6) is 1.67. The van der Waals surface area contributed by atoms with Crippen molar-refractivity contribution in [1.29, 1.82) is 0 Å². The van der Waals surface area contributed by atoms with Crippen LogP contribution in [0.1, 0.15) is 26.3 Å². The van der Waals surface area contributed by atoms with E-state index in [0.717, 1.165) is 31.3 Å². The molecule has 0 heterocycles. The molecule has 0 radical (unpaired) electrons. The van der Waals surface area contributed by atoms with Crippen molar-refractivity contribution in [3.63, 3.8) is 0 Å². The van der Waals surface area contributed by atoms with Crippen LogP contribution in [0.3, 0.4) is 0 Å². The average molecular weight is 348 g/mol. The van der Waals surface area contributed by atoms with Gasteiger partial charge in [-0.05, 0) is 39.8 Å². The van der Waals surface area contributed by atoms with Crippen LogP contribution in [0.25, 0.3) is 0 Å². The van der Waals surface area contributed by atoms with E-state index in [9.17, 15) is 4.79 Å². The van der Waals surface area contributed by atoms with Gasteiger partial charge in [0.1, 0.15) is 12.4 Å². The second-order valence-electron chi connectivity index (χ2n) is 5.82. The van der Waals surface area contributed by atoms with Crippen molar-refractivity contribution < 1.29 is 9.53 Å². The number of amides is 1. The summed E-state index contributed by atoms with van der Waals surface area (Å²) < 4.78 is 5.69. The minimum absolute atomic E-state index is 0.106. The molecule has 0 saturated carbocycles. The molecule has 6 nitrogen and oxygen atoms in total. The Labute approximate surface area is 151 Å². The zero-order chi connectivity index (χ0) is 18.7. The van der Waals surface area contributed by atoms with Gasteiger partial charge < -0.3 is 19.9 Å². The molecule has 6 heteroatoms. The van der Waals surface area contributed by atoms with Crippen LogP contribution < -0.4 is 10.1 Å². The van der Waals surface area contributed by atoms with Gasteiger partial charge in [-0.1, -0.05) is 17.7 Å². The number of ether oxygens (including phenoxy) is 1. The SMILES string of the molecule is CCNC(=NCCOc1ccc(C)cc1)N(C)CC(=O)N(CC)CC. The lowest BCUT2D eigenvalue weighted by Crippen LogP contribution is -2.45. The van der Waals surface area contributed by atoms with Crippen LogP contribution in [0.15, 0.2) is 29.3 Å². The molecular weight excluding hydrogens is 316 g/mol. The number of aliphatic imine (C=N–C) groups is 1. The number of carbonyl (C=O) groups is 1. The first kappa shape index (κ1) is 20.8. The fourth-order valence-corrected chi connectivity index (χ4v) is 2.37. The molecule has 0 aliphatic heterocycles. The highest BCUT2D eigenvalue weighted by molar-refractivity contribution is 5.86. The Kier molecular flexibility index (Phi) is 9.43. The predicted octanol–water partition coefficient (Wildman–Crippen LogP) is 2.14. The minimum Gasteiger partial charge on any atom is -0.492 e. The average Bonchev–Trinajstić information content (AvgIpc) is 2.60. The standard InChI is InChI=1S/C19H32N4O2/c1-6-20-19(22(5)15-18(24)23(7-2)8-3)21-13-14-25-17-11-9-16(4)10-12-17/h9-12H,6-8,13-15H2,1-5H3,(H,20,21). The van der Waals surface area contributed by atoms with E-state index in [1.165, 1.54) is 5.56 Å². The van der Waals surface area contributed by atoms with Gasteiger partial charge in [0.25, 0.3) is 0 Å². The third-order valence-corrected chi connectivity index (χ3v) is 3.83. The summed E-state index contributed by atoms with van der Waals surface area (Å²) in [5, 5.41) is 3.22. The molecule has 0 unspecified atom stereocenters.